The molecule has 0 spiro atoms. The van der Waals surface area contributed by atoms with E-state index in [0.717, 1.165) is 12.1 Å². The molecule has 0 aliphatic carbocycles. The molecule has 6 nitrogen and oxygen atoms in total. The molecule has 26 heavy (non-hydrogen) atoms. The highest BCUT2D eigenvalue weighted by Gasteiger charge is 2.35. The first kappa shape index (κ1) is 19.9. The maximum atomic E-state index is 13.9. The summed E-state index contributed by atoms with van der Waals surface area (Å²) in [5.74, 6) is -12.0. The van der Waals surface area contributed by atoms with Crippen molar-refractivity contribution in [1.29, 1.82) is 0 Å². The van der Waals surface area contributed by atoms with Crippen LogP contribution < -0.4 is 4.18 Å². The zero-order chi connectivity index (χ0) is 19.9. The summed E-state index contributed by atoms with van der Waals surface area (Å²) in [5, 5.41) is 0. The van der Waals surface area contributed by atoms with Gasteiger partial charge in [-0.25, -0.2) is 8.78 Å². The highest BCUT2D eigenvalue weighted by Crippen LogP contribution is 2.34. The van der Waals surface area contributed by atoms with Gasteiger partial charge < -0.3 is 4.18 Å². The smallest absolute Gasteiger partial charge is 0.339 e. The molecular formula is C14H8F4O6S2. The molecule has 0 fully saturated rings. The monoisotopic (exact) mass is 412 g/mol. The number of benzene rings is 2. The summed E-state index contributed by atoms with van der Waals surface area (Å²) in [6.07, 6.45) is 1.25. The van der Waals surface area contributed by atoms with E-state index in [4.69, 9.17) is 4.55 Å². The Kier molecular flexibility index (Phi) is 5.12. The standard InChI is InChI=1S/C14H8F4O6S2/c1-2-7-4-3-5-8(6-7)26(22,23)24-13-9(15)11(17)14(25(19,20)21)12(18)10(13)16/h2-6H,1H2,(H,19,20,21). The lowest BCUT2D eigenvalue weighted by Crippen LogP contribution is -2.16. The third-order valence-electron chi connectivity index (χ3n) is 3.02. The Labute approximate surface area is 145 Å². The van der Waals surface area contributed by atoms with Gasteiger partial charge >= 0.3 is 20.2 Å². The maximum Gasteiger partial charge on any atom is 0.339 e. The molecule has 0 heterocycles. The van der Waals surface area contributed by atoms with E-state index in [1.54, 1.807) is 0 Å². The molecule has 140 valence electrons. The number of rotatable bonds is 5. The summed E-state index contributed by atoms with van der Waals surface area (Å²) in [6.45, 7) is 3.39. The molecule has 0 saturated carbocycles. The average molecular weight is 412 g/mol. The number of hydrogen-bond donors (Lipinski definition) is 1. The SMILES string of the molecule is C=Cc1cccc(S(=O)(=O)Oc2c(F)c(F)c(S(=O)(=O)O)c(F)c2F)c1. The molecule has 0 aromatic heterocycles. The third kappa shape index (κ3) is 3.57. The lowest BCUT2D eigenvalue weighted by atomic mass is 10.2. The molecule has 0 saturated heterocycles. The van der Waals surface area contributed by atoms with Crippen molar-refractivity contribution in [1.82, 2.24) is 0 Å². The van der Waals surface area contributed by atoms with E-state index >= 15 is 0 Å². The molecule has 0 bridgehead atoms. The fraction of sp³-hybridized carbons (Fsp3) is 0. The zero-order valence-corrected chi connectivity index (χ0v) is 14.0. The Morgan fingerprint density at radius 1 is 0.962 bits per heavy atom. The van der Waals surface area contributed by atoms with Crippen molar-refractivity contribution in [2.45, 2.75) is 9.79 Å². The lowest BCUT2D eigenvalue weighted by molar-refractivity contribution is 0.365. The van der Waals surface area contributed by atoms with E-state index in [0.29, 0.717) is 0 Å². The van der Waals surface area contributed by atoms with Gasteiger partial charge in [-0.2, -0.15) is 25.6 Å². The molecule has 0 atom stereocenters. The highest BCUT2D eigenvalue weighted by molar-refractivity contribution is 7.87. The summed E-state index contributed by atoms with van der Waals surface area (Å²) in [6, 6.07) is 4.64. The van der Waals surface area contributed by atoms with Crippen LogP contribution in [0.1, 0.15) is 5.56 Å². The van der Waals surface area contributed by atoms with E-state index < -0.39 is 59.0 Å². The molecule has 2 aromatic carbocycles. The third-order valence-corrected chi connectivity index (χ3v) is 5.11. The van der Waals surface area contributed by atoms with E-state index in [1.165, 1.54) is 18.2 Å². The van der Waals surface area contributed by atoms with Gasteiger partial charge in [0.1, 0.15) is 4.90 Å². The van der Waals surface area contributed by atoms with Gasteiger partial charge in [0.2, 0.25) is 17.4 Å². The van der Waals surface area contributed by atoms with Crippen molar-refractivity contribution in [2.24, 2.45) is 0 Å². The van der Waals surface area contributed by atoms with Crippen LogP contribution in [0.2, 0.25) is 0 Å². The van der Waals surface area contributed by atoms with E-state index in [2.05, 4.69) is 10.8 Å². The van der Waals surface area contributed by atoms with Crippen LogP contribution in [0.5, 0.6) is 5.75 Å². The van der Waals surface area contributed by atoms with Gasteiger partial charge in [0.25, 0.3) is 0 Å². The minimum atomic E-state index is -5.68. The second kappa shape index (κ2) is 6.70. The summed E-state index contributed by atoms with van der Waals surface area (Å²) < 4.78 is 114. The minimum Gasteiger partial charge on any atom is -0.372 e. The number of halogens is 4. The van der Waals surface area contributed by atoms with Gasteiger partial charge in [-0.05, 0) is 17.7 Å². The second-order valence-electron chi connectivity index (χ2n) is 4.70. The van der Waals surface area contributed by atoms with Crippen molar-refractivity contribution < 1.29 is 43.1 Å². The van der Waals surface area contributed by atoms with Gasteiger partial charge in [-0.1, -0.05) is 24.8 Å². The van der Waals surface area contributed by atoms with Crippen molar-refractivity contribution in [2.75, 3.05) is 0 Å². The summed E-state index contributed by atoms with van der Waals surface area (Å²) >= 11 is 0. The van der Waals surface area contributed by atoms with Crippen molar-refractivity contribution in [3.8, 4) is 5.75 Å². The van der Waals surface area contributed by atoms with E-state index in [1.807, 2.05) is 0 Å². The van der Waals surface area contributed by atoms with Gasteiger partial charge in [-0.15, -0.1) is 0 Å². The topological polar surface area (TPSA) is 97.7 Å². The fourth-order valence-electron chi connectivity index (χ4n) is 1.85. The maximum absolute atomic E-state index is 13.9. The van der Waals surface area contributed by atoms with Crippen LogP contribution in [0.25, 0.3) is 6.08 Å². The quantitative estimate of drug-likeness (QED) is 0.351. The van der Waals surface area contributed by atoms with Crippen molar-refractivity contribution in [3.63, 3.8) is 0 Å². The van der Waals surface area contributed by atoms with Gasteiger partial charge in [0, 0.05) is 0 Å². The average Bonchev–Trinajstić information content (AvgIpc) is 2.56. The number of hydrogen-bond acceptors (Lipinski definition) is 5. The molecular weight excluding hydrogens is 404 g/mol. The molecule has 0 amide bonds. The van der Waals surface area contributed by atoms with Crippen LogP contribution in [-0.4, -0.2) is 21.4 Å². The zero-order valence-electron chi connectivity index (χ0n) is 12.4. The van der Waals surface area contributed by atoms with Crippen LogP contribution in [0.15, 0.2) is 40.6 Å². The highest BCUT2D eigenvalue weighted by atomic mass is 32.2. The van der Waals surface area contributed by atoms with E-state index in [-0.39, 0.29) is 5.56 Å². The lowest BCUT2D eigenvalue weighted by Gasteiger charge is -2.12. The van der Waals surface area contributed by atoms with Crippen LogP contribution in [0, 0.1) is 23.3 Å². The molecule has 0 radical (unpaired) electrons. The van der Waals surface area contributed by atoms with Crippen molar-refractivity contribution >= 4 is 26.3 Å². The molecule has 12 heteroatoms. The first-order chi connectivity index (χ1) is 11.9. The van der Waals surface area contributed by atoms with Crippen LogP contribution in [0.4, 0.5) is 17.6 Å². The summed E-state index contributed by atoms with van der Waals surface area (Å²) in [5.41, 5.74) is 0.287. The first-order valence-corrected chi connectivity index (χ1v) is 9.25. The predicted octanol–water partition coefficient (Wildman–Crippen LogP) is 2.90. The van der Waals surface area contributed by atoms with Gasteiger partial charge in [0.05, 0.1) is 0 Å². The Morgan fingerprint density at radius 3 is 1.96 bits per heavy atom. The van der Waals surface area contributed by atoms with Crippen LogP contribution in [0.3, 0.4) is 0 Å². The Morgan fingerprint density at radius 2 is 1.50 bits per heavy atom. The van der Waals surface area contributed by atoms with Gasteiger partial charge in [0.15, 0.2) is 16.5 Å². The first-order valence-electron chi connectivity index (χ1n) is 6.40. The van der Waals surface area contributed by atoms with Crippen molar-refractivity contribution in [3.05, 3.63) is 59.7 Å². The fourth-order valence-corrected chi connectivity index (χ4v) is 3.47. The molecule has 0 unspecified atom stereocenters. The molecule has 2 aromatic rings. The van der Waals surface area contributed by atoms with Gasteiger partial charge in [-0.3, -0.25) is 4.55 Å². The predicted molar refractivity (Wildman–Crippen MR) is 80.4 cm³/mol. The molecule has 0 aliphatic heterocycles. The largest absolute Gasteiger partial charge is 0.372 e. The van der Waals surface area contributed by atoms with E-state index in [9.17, 15) is 34.4 Å². The summed E-state index contributed by atoms with van der Waals surface area (Å²) in [7, 11) is -10.6. The molecule has 0 aliphatic rings. The Hall–Kier alpha value is -2.44. The summed E-state index contributed by atoms with van der Waals surface area (Å²) in [4.78, 5) is -2.93. The normalized spacial score (nSPS) is 12.0. The minimum absolute atomic E-state index is 0.287. The second-order valence-corrected chi connectivity index (χ2v) is 7.61. The van der Waals surface area contributed by atoms with Crippen LogP contribution in [-0.2, 0) is 20.2 Å². The molecule has 2 rings (SSSR count). The van der Waals surface area contributed by atoms with Crippen LogP contribution >= 0.6 is 0 Å². The Balaban J connectivity index is 2.65. The molecule has 1 N–H and O–H groups in total. The Bertz CT molecular complexity index is 1080.